The number of hydrogen-bond donors (Lipinski definition) is 0. The van der Waals surface area contributed by atoms with Gasteiger partial charge >= 0.3 is 0 Å². The fourth-order valence-electron chi connectivity index (χ4n) is 2.44. The molecule has 0 unspecified atom stereocenters. The molecule has 6 nitrogen and oxygen atoms in total. The van der Waals surface area contributed by atoms with Crippen LogP contribution in [0, 0.1) is 0 Å². The van der Waals surface area contributed by atoms with E-state index in [4.69, 9.17) is 21.1 Å². The van der Waals surface area contributed by atoms with Crippen LogP contribution < -0.4 is 9.47 Å². The first-order valence-corrected chi connectivity index (χ1v) is 7.79. The summed E-state index contributed by atoms with van der Waals surface area (Å²) in [7, 11) is 1.64. The largest absolute Gasteiger partial charge is 0.497 e. The van der Waals surface area contributed by atoms with Gasteiger partial charge in [0.2, 0.25) is 11.2 Å². The van der Waals surface area contributed by atoms with E-state index in [0.29, 0.717) is 18.5 Å². The number of fused-ring (bicyclic) bond motifs is 1. The van der Waals surface area contributed by atoms with E-state index >= 15 is 0 Å². The summed E-state index contributed by atoms with van der Waals surface area (Å²) in [6, 6.07) is 8.12. The Morgan fingerprint density at radius 2 is 2.00 bits per heavy atom. The lowest BCUT2D eigenvalue weighted by atomic mass is 10.2. The lowest BCUT2D eigenvalue weighted by molar-refractivity contribution is 0.297. The number of rotatable bonds is 5. The van der Waals surface area contributed by atoms with Gasteiger partial charge < -0.3 is 9.47 Å². The van der Waals surface area contributed by atoms with E-state index in [0.717, 1.165) is 35.2 Å². The van der Waals surface area contributed by atoms with Crippen LogP contribution in [0.5, 0.6) is 11.6 Å². The molecule has 23 heavy (non-hydrogen) atoms. The van der Waals surface area contributed by atoms with Gasteiger partial charge in [-0.3, -0.25) is 0 Å². The first-order valence-electron chi connectivity index (χ1n) is 7.41. The smallest absolute Gasteiger partial charge is 0.229 e. The molecule has 0 amide bonds. The first kappa shape index (κ1) is 14.3. The predicted octanol–water partition coefficient (Wildman–Crippen LogP) is 3.40. The molecule has 1 fully saturated rings. The summed E-state index contributed by atoms with van der Waals surface area (Å²) >= 11 is 6.04. The van der Waals surface area contributed by atoms with E-state index in [1.165, 1.54) is 0 Å². The first-order chi connectivity index (χ1) is 11.2. The van der Waals surface area contributed by atoms with Crippen LogP contribution in [-0.2, 0) is 6.61 Å². The third-order valence-electron chi connectivity index (χ3n) is 3.82. The van der Waals surface area contributed by atoms with Gasteiger partial charge in [-0.2, -0.15) is 15.1 Å². The average molecular weight is 331 g/mol. The second kappa shape index (κ2) is 5.70. The van der Waals surface area contributed by atoms with Crippen LogP contribution in [0.1, 0.15) is 24.4 Å². The second-order valence-corrected chi connectivity index (χ2v) is 5.83. The van der Waals surface area contributed by atoms with Crippen molar-refractivity contribution in [3.8, 4) is 11.6 Å². The van der Waals surface area contributed by atoms with Crippen molar-refractivity contribution < 1.29 is 9.47 Å². The fourth-order valence-corrected chi connectivity index (χ4v) is 2.60. The summed E-state index contributed by atoms with van der Waals surface area (Å²) in [5.41, 5.74) is 1.75. The van der Waals surface area contributed by atoms with Gasteiger partial charge in [0.15, 0.2) is 5.65 Å². The van der Waals surface area contributed by atoms with Gasteiger partial charge in [-0.1, -0.05) is 12.1 Å². The minimum Gasteiger partial charge on any atom is -0.497 e. The molecule has 0 radical (unpaired) electrons. The lowest BCUT2D eigenvalue weighted by Gasteiger charge is -2.08. The molecular weight excluding hydrogens is 316 g/mol. The summed E-state index contributed by atoms with van der Waals surface area (Å²) < 4.78 is 12.9. The molecule has 0 aliphatic heterocycles. The summed E-state index contributed by atoms with van der Waals surface area (Å²) in [4.78, 5) is 8.49. The standard InChI is InChI=1S/C16H15ClN4O2/c1-22-12-6-2-10(3-7-12)9-23-15-13-8-18-21(11-4-5-11)14(13)19-16(17)20-15/h2-3,6-8,11H,4-5,9H2,1H3. The highest BCUT2D eigenvalue weighted by molar-refractivity contribution is 6.28. The van der Waals surface area contributed by atoms with E-state index < -0.39 is 0 Å². The number of benzene rings is 1. The van der Waals surface area contributed by atoms with Crippen molar-refractivity contribution in [1.29, 1.82) is 0 Å². The van der Waals surface area contributed by atoms with E-state index in [1.807, 2.05) is 28.9 Å². The number of ether oxygens (including phenoxy) is 2. The highest BCUT2D eigenvalue weighted by atomic mass is 35.5. The molecule has 2 heterocycles. The average Bonchev–Trinajstić information content (AvgIpc) is 3.33. The molecule has 0 saturated heterocycles. The zero-order valence-corrected chi connectivity index (χ0v) is 13.3. The summed E-state index contributed by atoms with van der Waals surface area (Å²) in [5, 5.41) is 5.35. The topological polar surface area (TPSA) is 62.1 Å². The minimum absolute atomic E-state index is 0.171. The lowest BCUT2D eigenvalue weighted by Crippen LogP contribution is -2.01. The Bertz CT molecular complexity index is 843. The highest BCUT2D eigenvalue weighted by Gasteiger charge is 2.27. The summed E-state index contributed by atoms with van der Waals surface area (Å²) in [5.74, 6) is 1.27. The molecule has 0 bridgehead atoms. The van der Waals surface area contributed by atoms with Gasteiger partial charge in [0, 0.05) is 0 Å². The number of hydrogen-bond acceptors (Lipinski definition) is 5. The predicted molar refractivity (Wildman–Crippen MR) is 85.9 cm³/mol. The minimum atomic E-state index is 0.171. The molecule has 4 rings (SSSR count). The Labute approximate surface area is 138 Å². The monoisotopic (exact) mass is 330 g/mol. The van der Waals surface area contributed by atoms with Crippen molar-refractivity contribution in [1.82, 2.24) is 19.7 Å². The Kier molecular flexibility index (Phi) is 3.53. The molecule has 1 aliphatic rings. The molecule has 3 aromatic rings. The van der Waals surface area contributed by atoms with Crippen molar-refractivity contribution in [2.45, 2.75) is 25.5 Å². The van der Waals surface area contributed by atoms with E-state index in [9.17, 15) is 0 Å². The van der Waals surface area contributed by atoms with Crippen molar-refractivity contribution in [2.75, 3.05) is 7.11 Å². The van der Waals surface area contributed by atoms with Crippen LogP contribution >= 0.6 is 11.6 Å². The molecule has 1 aliphatic carbocycles. The van der Waals surface area contributed by atoms with Crippen molar-refractivity contribution >= 4 is 22.6 Å². The molecule has 2 aromatic heterocycles. The van der Waals surface area contributed by atoms with E-state index in [2.05, 4.69) is 15.1 Å². The number of nitrogens with zero attached hydrogens (tertiary/aromatic N) is 4. The summed E-state index contributed by atoms with van der Waals surface area (Å²) in [6.07, 6.45) is 3.99. The SMILES string of the molecule is COc1ccc(COc2nc(Cl)nc3c2cnn3C2CC2)cc1. The van der Waals surface area contributed by atoms with Gasteiger partial charge in [-0.25, -0.2) is 4.68 Å². The molecule has 7 heteroatoms. The Balaban J connectivity index is 1.60. The van der Waals surface area contributed by atoms with Crippen molar-refractivity contribution in [3.63, 3.8) is 0 Å². The van der Waals surface area contributed by atoms with Crippen LogP contribution in [0.4, 0.5) is 0 Å². The van der Waals surface area contributed by atoms with Crippen LogP contribution in [0.2, 0.25) is 5.28 Å². The maximum absolute atomic E-state index is 6.04. The maximum Gasteiger partial charge on any atom is 0.229 e. The van der Waals surface area contributed by atoms with Crippen LogP contribution in [-0.4, -0.2) is 26.9 Å². The summed E-state index contributed by atoms with van der Waals surface area (Å²) in [6.45, 7) is 0.390. The molecular formula is C16H15ClN4O2. The van der Waals surface area contributed by atoms with Gasteiger partial charge in [-0.15, -0.1) is 0 Å². The molecule has 118 valence electrons. The maximum atomic E-state index is 6.04. The Morgan fingerprint density at radius 1 is 1.22 bits per heavy atom. The quantitative estimate of drug-likeness (QED) is 0.671. The van der Waals surface area contributed by atoms with Gasteiger partial charge in [0.05, 0.1) is 19.3 Å². The molecule has 0 atom stereocenters. The zero-order chi connectivity index (χ0) is 15.8. The third kappa shape index (κ3) is 2.82. The number of halogens is 1. The van der Waals surface area contributed by atoms with Crippen molar-refractivity contribution in [3.05, 3.63) is 41.3 Å². The fraction of sp³-hybridized carbons (Fsp3) is 0.312. The van der Waals surface area contributed by atoms with Gasteiger partial charge in [0.25, 0.3) is 0 Å². The number of methoxy groups -OCH3 is 1. The zero-order valence-electron chi connectivity index (χ0n) is 12.6. The van der Waals surface area contributed by atoms with Crippen LogP contribution in [0.25, 0.3) is 11.0 Å². The second-order valence-electron chi connectivity index (χ2n) is 5.49. The Hall–Kier alpha value is -2.34. The molecule has 1 aromatic carbocycles. The molecule has 0 N–H and O–H groups in total. The van der Waals surface area contributed by atoms with E-state index in [-0.39, 0.29) is 5.28 Å². The molecule has 1 saturated carbocycles. The third-order valence-corrected chi connectivity index (χ3v) is 3.99. The molecule has 0 spiro atoms. The highest BCUT2D eigenvalue weighted by Crippen LogP contribution is 2.37. The number of aromatic nitrogens is 4. The van der Waals surface area contributed by atoms with Crippen LogP contribution in [0.3, 0.4) is 0 Å². The van der Waals surface area contributed by atoms with Gasteiger partial charge in [0.1, 0.15) is 17.7 Å². The van der Waals surface area contributed by atoms with E-state index in [1.54, 1.807) is 13.3 Å². The van der Waals surface area contributed by atoms with Crippen LogP contribution in [0.15, 0.2) is 30.5 Å². The van der Waals surface area contributed by atoms with Gasteiger partial charge in [-0.05, 0) is 42.1 Å². The normalized spacial score (nSPS) is 14.2. The van der Waals surface area contributed by atoms with Crippen molar-refractivity contribution in [2.24, 2.45) is 0 Å². The Morgan fingerprint density at radius 3 is 2.70 bits per heavy atom.